The normalized spacial score (nSPS) is 62.5. The van der Waals surface area contributed by atoms with Crippen molar-refractivity contribution in [3.05, 3.63) is 0 Å². The maximum atomic E-state index is 5.87. The molecule has 0 saturated carbocycles. The van der Waals surface area contributed by atoms with Crippen LogP contribution < -0.4 is 0 Å². The van der Waals surface area contributed by atoms with E-state index in [9.17, 15) is 0 Å². The molecule has 0 aromatic rings. The van der Waals surface area contributed by atoms with Crippen molar-refractivity contribution in [2.45, 2.75) is 50.3 Å². The van der Waals surface area contributed by atoms with Crippen molar-refractivity contribution in [3.8, 4) is 0 Å². The summed E-state index contributed by atoms with van der Waals surface area (Å²) in [4.78, 5) is 2.60. The zero-order valence-corrected chi connectivity index (χ0v) is 7.97. The number of hydrogen-bond donors (Lipinski definition) is 0. The van der Waals surface area contributed by atoms with E-state index in [0.29, 0.717) is 5.54 Å². The van der Waals surface area contributed by atoms with Crippen LogP contribution in [0.2, 0.25) is 0 Å². The Balaban J connectivity index is 1.82. The maximum Gasteiger partial charge on any atom is 0.0828 e. The van der Waals surface area contributed by atoms with E-state index in [0.717, 1.165) is 12.6 Å². The fourth-order valence-corrected chi connectivity index (χ4v) is 3.30. The Morgan fingerprint density at radius 3 is 2.83 bits per heavy atom. The molecule has 12 heavy (non-hydrogen) atoms. The minimum Gasteiger partial charge on any atom is -0.374 e. The van der Waals surface area contributed by atoms with Crippen LogP contribution in [-0.4, -0.2) is 35.2 Å². The molecule has 0 aliphatic carbocycles. The Bertz CT molecular complexity index is 222. The second-order valence-electron chi connectivity index (χ2n) is 4.97. The number of hydrogen-bond acceptors (Lipinski definition) is 2. The predicted octanol–water partition coefficient (Wildman–Crippen LogP) is 1.40. The Labute approximate surface area is 73.9 Å². The fraction of sp³-hybridized carbons (Fsp3) is 1.00. The van der Waals surface area contributed by atoms with Gasteiger partial charge in [0.2, 0.25) is 0 Å². The molecule has 2 nitrogen and oxygen atoms in total. The number of rotatable bonds is 0. The van der Waals surface area contributed by atoms with Gasteiger partial charge in [0, 0.05) is 24.7 Å². The smallest absolute Gasteiger partial charge is 0.0828 e. The van der Waals surface area contributed by atoms with Gasteiger partial charge in [0.15, 0.2) is 0 Å². The summed E-state index contributed by atoms with van der Waals surface area (Å²) in [5, 5.41) is 0. The first kappa shape index (κ1) is 7.34. The largest absolute Gasteiger partial charge is 0.374 e. The molecule has 0 amide bonds. The second kappa shape index (κ2) is 1.88. The molecule has 3 saturated heterocycles. The summed E-state index contributed by atoms with van der Waals surface area (Å²) in [6, 6.07) is 0.812. The van der Waals surface area contributed by atoms with Crippen molar-refractivity contribution in [1.29, 1.82) is 0 Å². The topological polar surface area (TPSA) is 12.2 Å². The SMILES string of the molecule is CC1N2CC3(CCCO3)CC12C. The summed E-state index contributed by atoms with van der Waals surface area (Å²) in [6.45, 7) is 6.92. The number of piperidine rings is 1. The van der Waals surface area contributed by atoms with Crippen LogP contribution in [0.15, 0.2) is 0 Å². The van der Waals surface area contributed by atoms with Crippen LogP contribution in [0, 0.1) is 0 Å². The van der Waals surface area contributed by atoms with Crippen molar-refractivity contribution < 1.29 is 4.74 Å². The molecular weight excluding hydrogens is 150 g/mol. The average molecular weight is 167 g/mol. The third-order valence-electron chi connectivity index (χ3n) is 4.28. The second-order valence-corrected chi connectivity index (χ2v) is 4.97. The van der Waals surface area contributed by atoms with E-state index >= 15 is 0 Å². The molecule has 0 bridgehead atoms. The summed E-state index contributed by atoms with van der Waals surface area (Å²) in [7, 11) is 0. The molecule has 0 N–H and O–H groups in total. The predicted molar refractivity (Wildman–Crippen MR) is 47.1 cm³/mol. The van der Waals surface area contributed by atoms with Crippen LogP contribution in [0.5, 0.6) is 0 Å². The monoisotopic (exact) mass is 167 g/mol. The van der Waals surface area contributed by atoms with Crippen LogP contribution in [0.1, 0.15) is 33.1 Å². The molecule has 3 rings (SSSR count). The van der Waals surface area contributed by atoms with E-state index in [1.54, 1.807) is 0 Å². The number of nitrogens with zero attached hydrogens (tertiary/aromatic N) is 1. The highest BCUT2D eigenvalue weighted by molar-refractivity contribution is 5.22. The van der Waals surface area contributed by atoms with E-state index < -0.39 is 0 Å². The quantitative estimate of drug-likeness (QED) is 0.506. The zero-order chi connectivity index (χ0) is 8.40. The standard InChI is InChI=1S/C10H17NO/c1-8-9(2)6-10(7-11(8)9)4-3-5-12-10/h8H,3-7H2,1-2H3. The van der Waals surface area contributed by atoms with Crippen molar-refractivity contribution in [3.63, 3.8) is 0 Å². The summed E-state index contributed by atoms with van der Waals surface area (Å²) in [5.41, 5.74) is 0.783. The van der Waals surface area contributed by atoms with Gasteiger partial charge in [0.05, 0.1) is 5.60 Å². The molecule has 3 heterocycles. The highest BCUT2D eigenvalue weighted by atomic mass is 16.5. The molecule has 3 aliphatic heterocycles. The molecule has 1 spiro atoms. The maximum absolute atomic E-state index is 5.87. The highest BCUT2D eigenvalue weighted by Crippen LogP contribution is 2.56. The van der Waals surface area contributed by atoms with Crippen LogP contribution >= 0.6 is 0 Å². The Morgan fingerprint density at radius 2 is 2.33 bits per heavy atom. The van der Waals surface area contributed by atoms with Gasteiger partial charge in [0.25, 0.3) is 0 Å². The van der Waals surface area contributed by atoms with Crippen LogP contribution in [-0.2, 0) is 4.74 Å². The molecule has 0 aromatic heterocycles. The average Bonchev–Trinajstić information content (AvgIpc) is 2.45. The molecule has 0 aromatic carbocycles. The van der Waals surface area contributed by atoms with Gasteiger partial charge in [-0.25, -0.2) is 0 Å². The summed E-state index contributed by atoms with van der Waals surface area (Å²) in [6.07, 6.45) is 3.85. The fourth-order valence-electron chi connectivity index (χ4n) is 3.30. The summed E-state index contributed by atoms with van der Waals surface area (Å²) >= 11 is 0. The van der Waals surface area contributed by atoms with Gasteiger partial charge < -0.3 is 4.74 Å². The highest BCUT2D eigenvalue weighted by Gasteiger charge is 2.67. The van der Waals surface area contributed by atoms with Crippen molar-refractivity contribution >= 4 is 0 Å². The molecule has 4 unspecified atom stereocenters. The molecule has 3 fully saturated rings. The van der Waals surface area contributed by atoms with Crippen LogP contribution in [0.3, 0.4) is 0 Å². The zero-order valence-electron chi connectivity index (χ0n) is 7.97. The van der Waals surface area contributed by atoms with E-state index in [-0.39, 0.29) is 5.60 Å². The van der Waals surface area contributed by atoms with Crippen molar-refractivity contribution in [1.82, 2.24) is 4.90 Å². The van der Waals surface area contributed by atoms with Gasteiger partial charge in [-0.05, 0) is 33.1 Å². The van der Waals surface area contributed by atoms with Gasteiger partial charge in [-0.1, -0.05) is 0 Å². The van der Waals surface area contributed by atoms with E-state index in [4.69, 9.17) is 4.74 Å². The van der Waals surface area contributed by atoms with Gasteiger partial charge in [-0.2, -0.15) is 0 Å². The van der Waals surface area contributed by atoms with Crippen LogP contribution in [0.25, 0.3) is 0 Å². The minimum absolute atomic E-state index is 0.279. The summed E-state index contributed by atoms with van der Waals surface area (Å²) < 4.78 is 5.87. The van der Waals surface area contributed by atoms with Crippen molar-refractivity contribution in [2.75, 3.05) is 13.2 Å². The lowest BCUT2D eigenvalue weighted by molar-refractivity contribution is 0.00514. The lowest BCUT2D eigenvalue weighted by atomic mass is 9.89. The molecule has 4 atom stereocenters. The van der Waals surface area contributed by atoms with Gasteiger partial charge >= 0.3 is 0 Å². The molecule has 0 radical (unpaired) electrons. The molecule has 2 heteroatoms. The third kappa shape index (κ3) is 0.686. The first-order chi connectivity index (χ1) is 5.66. The number of ether oxygens (including phenoxy) is 1. The van der Waals surface area contributed by atoms with Gasteiger partial charge in [-0.3, -0.25) is 4.90 Å². The van der Waals surface area contributed by atoms with Gasteiger partial charge in [0.1, 0.15) is 0 Å². The summed E-state index contributed by atoms with van der Waals surface area (Å²) in [5.74, 6) is 0. The van der Waals surface area contributed by atoms with E-state index in [1.165, 1.54) is 25.8 Å². The Morgan fingerprint density at radius 1 is 1.50 bits per heavy atom. The van der Waals surface area contributed by atoms with Gasteiger partial charge in [-0.15, -0.1) is 0 Å². The molecular formula is C10H17NO. The Kier molecular flexibility index (Phi) is 1.15. The number of fused-ring (bicyclic) bond motifs is 1. The van der Waals surface area contributed by atoms with Crippen LogP contribution in [0.4, 0.5) is 0 Å². The molecule has 68 valence electrons. The van der Waals surface area contributed by atoms with Crippen molar-refractivity contribution in [2.24, 2.45) is 0 Å². The lowest BCUT2D eigenvalue weighted by Gasteiger charge is -2.25. The molecule has 3 aliphatic rings. The lowest BCUT2D eigenvalue weighted by Crippen LogP contribution is -2.34. The first-order valence-corrected chi connectivity index (χ1v) is 5.07. The first-order valence-electron chi connectivity index (χ1n) is 5.07. The minimum atomic E-state index is 0.279. The van der Waals surface area contributed by atoms with E-state index in [2.05, 4.69) is 18.7 Å². The van der Waals surface area contributed by atoms with E-state index in [1.807, 2.05) is 0 Å². The Hall–Kier alpha value is -0.0800. The third-order valence-corrected chi connectivity index (χ3v) is 4.28.